The molecule has 0 bridgehead atoms. The molecule has 4 rings (SSSR count). The van der Waals surface area contributed by atoms with Crippen LogP contribution in [-0.4, -0.2) is 70.3 Å². The second-order valence-electron chi connectivity index (χ2n) is 9.68. The molecule has 14 heteroatoms. The highest BCUT2D eigenvalue weighted by molar-refractivity contribution is 6.37. The van der Waals surface area contributed by atoms with Gasteiger partial charge >= 0.3 is 5.92 Å². The van der Waals surface area contributed by atoms with Crippen LogP contribution < -0.4 is 5.32 Å². The summed E-state index contributed by atoms with van der Waals surface area (Å²) in [6, 6.07) is 9.72. The molecular formula is C22H22B4ClF2N3O4. The molecule has 2 aromatic carbocycles. The number of hydrogen-bond acceptors (Lipinski definition) is 4. The molecule has 1 N–H and O–H groups in total. The smallest absolute Gasteiger partial charge is 0.348 e. The van der Waals surface area contributed by atoms with Crippen LogP contribution in [0.3, 0.4) is 0 Å². The Morgan fingerprint density at radius 1 is 1.19 bits per heavy atom. The van der Waals surface area contributed by atoms with E-state index in [-0.39, 0.29) is 29.8 Å². The molecule has 0 aliphatic carbocycles. The van der Waals surface area contributed by atoms with Crippen LogP contribution in [0, 0.1) is 0 Å². The lowest BCUT2D eigenvalue weighted by molar-refractivity contribution is -0.154. The first-order valence-electron chi connectivity index (χ1n) is 11.5. The minimum absolute atomic E-state index is 0.123. The fraction of sp³-hybridized carbons (Fsp3) is 0.273. The Bertz CT molecular complexity index is 1280. The normalized spacial score (nSPS) is 22.7. The van der Waals surface area contributed by atoms with Crippen molar-refractivity contribution in [1.29, 1.82) is 0 Å². The highest BCUT2D eigenvalue weighted by atomic mass is 35.5. The number of nitrogens with zero attached hydrogens (tertiary/aromatic N) is 2. The number of amides is 4. The number of carbonyl (C=O) groups excluding carboxylic acids is 4. The van der Waals surface area contributed by atoms with Crippen molar-refractivity contribution >= 4 is 66.7 Å². The number of imide groups is 1. The third kappa shape index (κ3) is 4.23. The van der Waals surface area contributed by atoms with Crippen molar-refractivity contribution in [1.82, 2.24) is 15.0 Å². The summed E-state index contributed by atoms with van der Waals surface area (Å²) in [7, 11) is 6.24. The molecule has 4 amide bonds. The first-order chi connectivity index (χ1) is 16.8. The molecular weight excluding hydrogens is 487 g/mol. The predicted octanol–water partition coefficient (Wildman–Crippen LogP) is -1.11. The second-order valence-corrected chi connectivity index (χ2v) is 10.1. The van der Waals surface area contributed by atoms with Crippen molar-refractivity contribution in [3.05, 3.63) is 69.7 Å². The first-order valence-corrected chi connectivity index (χ1v) is 11.9. The van der Waals surface area contributed by atoms with Crippen molar-refractivity contribution in [3.63, 3.8) is 0 Å². The maximum Gasteiger partial charge on any atom is 0.348 e. The van der Waals surface area contributed by atoms with Gasteiger partial charge < -0.3 is 9.71 Å². The summed E-state index contributed by atoms with van der Waals surface area (Å²) in [4.78, 5) is 52.9. The lowest BCUT2D eigenvalue weighted by atomic mass is 9.62. The number of piperidine rings is 1. The molecule has 0 spiro atoms. The molecule has 2 aromatic rings. The van der Waals surface area contributed by atoms with E-state index in [1.165, 1.54) is 25.0 Å². The Morgan fingerprint density at radius 3 is 2.47 bits per heavy atom. The van der Waals surface area contributed by atoms with Crippen LogP contribution in [0.4, 0.5) is 8.78 Å². The Kier molecular flexibility index (Phi) is 6.58. The highest BCUT2D eigenvalue weighted by Gasteiger charge is 2.50. The molecule has 2 aliphatic rings. The van der Waals surface area contributed by atoms with Crippen molar-refractivity contribution in [2.45, 2.75) is 36.1 Å². The largest absolute Gasteiger partial charge is 0.389 e. The standard InChI is InChI=1S/C22H22B4ClF2N3O4/c23-15-8-21(25,19(35)30-17(15)33)31-9-11-7-10(1-6-14(11)18(31)34)16(24)32(26)20(36)22(28,29)12-2-4-13(27)5-3-12/h1-7,15-16H,8-9,23-26H2,(H,30,33,35)/t15?,16?,21-/m0/s1. The van der Waals surface area contributed by atoms with Gasteiger partial charge in [0.15, 0.2) is 0 Å². The second kappa shape index (κ2) is 9.10. The highest BCUT2D eigenvalue weighted by Crippen LogP contribution is 2.37. The predicted molar refractivity (Wildman–Crippen MR) is 140 cm³/mol. The molecule has 2 unspecified atom stereocenters. The van der Waals surface area contributed by atoms with E-state index >= 15 is 0 Å². The molecule has 36 heavy (non-hydrogen) atoms. The number of nitrogens with one attached hydrogen (secondary N) is 1. The van der Waals surface area contributed by atoms with Crippen LogP contribution >= 0.6 is 11.6 Å². The fourth-order valence-electron chi connectivity index (χ4n) is 4.79. The molecule has 0 radical (unpaired) electrons. The van der Waals surface area contributed by atoms with E-state index in [4.69, 9.17) is 11.6 Å². The van der Waals surface area contributed by atoms with E-state index in [0.29, 0.717) is 16.7 Å². The number of fused-ring (bicyclic) bond motifs is 1. The van der Waals surface area contributed by atoms with Crippen molar-refractivity contribution < 1.29 is 28.0 Å². The fourth-order valence-corrected chi connectivity index (χ4v) is 4.91. The van der Waals surface area contributed by atoms with Gasteiger partial charge in [-0.15, -0.1) is 0 Å². The van der Waals surface area contributed by atoms with Gasteiger partial charge in [0, 0.05) is 34.5 Å². The zero-order valence-corrected chi connectivity index (χ0v) is 21.0. The van der Waals surface area contributed by atoms with Gasteiger partial charge in [-0.25, -0.2) is 0 Å². The van der Waals surface area contributed by atoms with Gasteiger partial charge in [-0.05, 0) is 35.7 Å². The van der Waals surface area contributed by atoms with E-state index in [1.807, 2.05) is 0 Å². The number of benzene rings is 2. The average Bonchev–Trinajstić information content (AvgIpc) is 3.18. The molecule has 2 aliphatic heterocycles. The van der Waals surface area contributed by atoms with Gasteiger partial charge in [0.05, 0.1) is 5.44 Å². The summed E-state index contributed by atoms with van der Waals surface area (Å²) < 4.78 is 29.9. The number of carbonyl (C=O) groups is 4. The van der Waals surface area contributed by atoms with Gasteiger partial charge in [0.1, 0.15) is 23.5 Å². The van der Waals surface area contributed by atoms with E-state index in [9.17, 15) is 28.0 Å². The zero-order chi connectivity index (χ0) is 26.6. The maximum absolute atomic E-state index is 14.9. The van der Waals surface area contributed by atoms with Gasteiger partial charge in [0.25, 0.3) is 11.8 Å². The monoisotopic (exact) mass is 509 g/mol. The molecule has 182 valence electrons. The van der Waals surface area contributed by atoms with E-state index < -0.39 is 40.5 Å². The van der Waals surface area contributed by atoms with Crippen molar-refractivity contribution in [2.75, 3.05) is 0 Å². The molecule has 1 saturated heterocycles. The Hall–Kier alpha value is -3.07. The van der Waals surface area contributed by atoms with Gasteiger partial charge in [-0.2, -0.15) is 8.78 Å². The van der Waals surface area contributed by atoms with E-state index in [1.54, 1.807) is 41.7 Å². The molecule has 3 atom stereocenters. The van der Waals surface area contributed by atoms with Gasteiger partial charge in [0.2, 0.25) is 19.8 Å². The number of rotatable bonds is 5. The molecule has 2 heterocycles. The average molecular weight is 509 g/mol. The Balaban J connectivity index is 1.56. The maximum atomic E-state index is 14.9. The van der Waals surface area contributed by atoms with Crippen LogP contribution in [0.25, 0.3) is 0 Å². The molecule has 7 nitrogen and oxygen atoms in total. The minimum atomic E-state index is -3.76. The SMILES string of the molecule is BC1C[C@](B)(N2Cc3cc(C(B)N(B)C(=O)C(F)(F)c4ccc(Cl)cc4)ccc3C2=O)C(=O)NC1=O. The summed E-state index contributed by atoms with van der Waals surface area (Å²) in [5.41, 5.74) is -0.0909. The number of halogens is 3. The topological polar surface area (TPSA) is 86.8 Å². The van der Waals surface area contributed by atoms with Crippen LogP contribution in [0.5, 0.6) is 0 Å². The molecule has 0 aromatic heterocycles. The van der Waals surface area contributed by atoms with Crippen LogP contribution in [0.15, 0.2) is 42.5 Å². The Morgan fingerprint density at radius 2 is 1.83 bits per heavy atom. The van der Waals surface area contributed by atoms with Crippen LogP contribution in [0.2, 0.25) is 10.8 Å². The third-order valence-corrected chi connectivity index (χ3v) is 7.52. The number of alkyl halides is 2. The quantitative estimate of drug-likeness (QED) is 0.410. The zero-order valence-electron chi connectivity index (χ0n) is 20.3. The summed E-state index contributed by atoms with van der Waals surface area (Å²) in [5, 5.41) is 2.62. The number of hydrogen-bond donors (Lipinski definition) is 1. The molecule has 1 fully saturated rings. The lowest BCUT2D eigenvalue weighted by Gasteiger charge is -2.42. The summed E-state index contributed by atoms with van der Waals surface area (Å²) in [6.45, 7) is 0.123. The van der Waals surface area contributed by atoms with Gasteiger partial charge in [-0.3, -0.25) is 24.5 Å². The Labute approximate surface area is 215 Å². The lowest BCUT2D eigenvalue weighted by Crippen LogP contribution is -2.64. The van der Waals surface area contributed by atoms with Crippen molar-refractivity contribution in [3.8, 4) is 0 Å². The van der Waals surface area contributed by atoms with Crippen LogP contribution in [-0.2, 0) is 26.9 Å². The van der Waals surface area contributed by atoms with Gasteiger partial charge in [-0.1, -0.05) is 35.9 Å². The summed E-state index contributed by atoms with van der Waals surface area (Å²) >= 11 is 5.78. The molecule has 0 saturated carbocycles. The van der Waals surface area contributed by atoms with E-state index in [0.717, 1.165) is 16.9 Å². The minimum Gasteiger partial charge on any atom is -0.389 e. The van der Waals surface area contributed by atoms with Crippen LogP contribution in [0.1, 0.15) is 39.4 Å². The third-order valence-electron chi connectivity index (χ3n) is 7.27. The van der Waals surface area contributed by atoms with Crippen molar-refractivity contribution in [2.24, 2.45) is 0 Å². The summed E-state index contributed by atoms with van der Waals surface area (Å²) in [5.74, 6) is -7.55. The van der Waals surface area contributed by atoms with E-state index in [2.05, 4.69) is 5.32 Å². The first kappa shape index (κ1) is 26.0. The summed E-state index contributed by atoms with van der Waals surface area (Å²) in [6.07, 6.45) is 0.192.